The summed E-state index contributed by atoms with van der Waals surface area (Å²) in [7, 11) is 4.03. The van der Waals surface area contributed by atoms with Crippen molar-refractivity contribution in [2.75, 3.05) is 14.1 Å². The van der Waals surface area contributed by atoms with Gasteiger partial charge in [0, 0.05) is 19.8 Å². The predicted octanol–water partition coefficient (Wildman–Crippen LogP) is 3.14. The highest BCUT2D eigenvalue weighted by Gasteiger charge is 2.02. The maximum atomic E-state index is 3.92. The van der Waals surface area contributed by atoms with Crippen molar-refractivity contribution >= 4 is 0 Å². The van der Waals surface area contributed by atoms with Crippen LogP contribution in [0.25, 0.3) is 0 Å². The van der Waals surface area contributed by atoms with Crippen LogP contribution < -0.4 is 0 Å². The summed E-state index contributed by atoms with van der Waals surface area (Å²) >= 11 is 0. The van der Waals surface area contributed by atoms with Crippen molar-refractivity contribution in [3.63, 3.8) is 0 Å². The maximum Gasteiger partial charge on any atom is 0.0433 e. The van der Waals surface area contributed by atoms with Crippen LogP contribution in [0.3, 0.4) is 0 Å². The SMILES string of the molecule is C=C/C(C(=C)C)=C(\C=C/C)N(C)C. The number of hydrogen-bond acceptors (Lipinski definition) is 1. The summed E-state index contributed by atoms with van der Waals surface area (Å²) in [5.74, 6) is 0. The standard InChI is InChI=1S/C12H19N/c1-7-9-12(13(5)6)11(8-2)10(3)4/h7-9H,2-3H2,1,4-6H3/b9-7-,12-11-. The Morgan fingerprint density at radius 2 is 1.85 bits per heavy atom. The first-order chi connectivity index (χ1) is 6.04. The Balaban J connectivity index is 5.25. The molecule has 0 aromatic heterocycles. The van der Waals surface area contributed by atoms with Crippen molar-refractivity contribution < 1.29 is 0 Å². The van der Waals surface area contributed by atoms with Crippen molar-refractivity contribution in [1.29, 1.82) is 0 Å². The van der Waals surface area contributed by atoms with Crippen LogP contribution >= 0.6 is 0 Å². The molecule has 0 aliphatic heterocycles. The van der Waals surface area contributed by atoms with E-state index in [9.17, 15) is 0 Å². The molecule has 0 aromatic carbocycles. The van der Waals surface area contributed by atoms with Gasteiger partial charge in [0.2, 0.25) is 0 Å². The molecule has 0 saturated carbocycles. The third kappa shape index (κ3) is 3.32. The van der Waals surface area contributed by atoms with Gasteiger partial charge in [0.15, 0.2) is 0 Å². The summed E-state index contributed by atoms with van der Waals surface area (Å²) in [6.45, 7) is 11.7. The van der Waals surface area contributed by atoms with Crippen molar-refractivity contribution in [1.82, 2.24) is 4.90 Å². The minimum atomic E-state index is 1.04. The molecule has 0 aliphatic carbocycles. The van der Waals surface area contributed by atoms with E-state index in [4.69, 9.17) is 0 Å². The third-order valence-corrected chi connectivity index (χ3v) is 1.75. The van der Waals surface area contributed by atoms with Crippen molar-refractivity contribution in [2.24, 2.45) is 0 Å². The quantitative estimate of drug-likeness (QED) is 0.596. The fourth-order valence-electron chi connectivity index (χ4n) is 1.14. The lowest BCUT2D eigenvalue weighted by atomic mass is 10.1. The average molecular weight is 177 g/mol. The summed E-state index contributed by atoms with van der Waals surface area (Å²) in [6.07, 6.45) is 5.92. The summed E-state index contributed by atoms with van der Waals surface area (Å²) in [5.41, 5.74) is 3.28. The van der Waals surface area contributed by atoms with Gasteiger partial charge in [-0.25, -0.2) is 0 Å². The lowest BCUT2D eigenvalue weighted by molar-refractivity contribution is 0.526. The number of rotatable bonds is 4. The molecule has 0 rings (SSSR count). The molecule has 0 bridgehead atoms. The van der Waals surface area contributed by atoms with Crippen LogP contribution in [-0.2, 0) is 0 Å². The molecule has 0 radical (unpaired) electrons. The van der Waals surface area contributed by atoms with Crippen LogP contribution in [0.4, 0.5) is 0 Å². The zero-order chi connectivity index (χ0) is 10.4. The van der Waals surface area contributed by atoms with Gasteiger partial charge < -0.3 is 4.90 Å². The van der Waals surface area contributed by atoms with E-state index in [0.29, 0.717) is 0 Å². The van der Waals surface area contributed by atoms with E-state index in [1.807, 2.05) is 40.1 Å². The van der Waals surface area contributed by atoms with Crippen LogP contribution in [0.5, 0.6) is 0 Å². The van der Waals surface area contributed by atoms with Gasteiger partial charge in [-0.2, -0.15) is 0 Å². The van der Waals surface area contributed by atoms with Crippen molar-refractivity contribution in [3.8, 4) is 0 Å². The normalized spacial score (nSPS) is 12.6. The Hall–Kier alpha value is -1.24. The summed E-state index contributed by atoms with van der Waals surface area (Å²) in [4.78, 5) is 2.06. The highest BCUT2D eigenvalue weighted by Crippen LogP contribution is 2.16. The predicted molar refractivity (Wildman–Crippen MR) is 60.5 cm³/mol. The van der Waals surface area contributed by atoms with E-state index in [1.54, 1.807) is 0 Å². The third-order valence-electron chi connectivity index (χ3n) is 1.75. The Morgan fingerprint density at radius 3 is 2.08 bits per heavy atom. The molecule has 0 amide bonds. The van der Waals surface area contributed by atoms with Gasteiger partial charge in [-0.05, 0) is 31.1 Å². The highest BCUT2D eigenvalue weighted by atomic mass is 15.1. The fourth-order valence-corrected chi connectivity index (χ4v) is 1.14. The first kappa shape index (κ1) is 11.8. The largest absolute Gasteiger partial charge is 0.377 e. The molecule has 0 N–H and O–H groups in total. The van der Waals surface area contributed by atoms with E-state index in [1.165, 1.54) is 0 Å². The number of likely N-dealkylation sites (N-methyl/N-ethyl adjacent to an activating group) is 1. The van der Waals surface area contributed by atoms with Gasteiger partial charge in [0.1, 0.15) is 0 Å². The van der Waals surface area contributed by atoms with Gasteiger partial charge in [0.05, 0.1) is 0 Å². The number of allylic oxidation sites excluding steroid dienone is 5. The molecule has 1 nitrogen and oxygen atoms in total. The van der Waals surface area contributed by atoms with E-state index >= 15 is 0 Å². The lowest BCUT2D eigenvalue weighted by Gasteiger charge is -2.17. The molecule has 0 saturated heterocycles. The Morgan fingerprint density at radius 1 is 1.31 bits per heavy atom. The smallest absolute Gasteiger partial charge is 0.0433 e. The second-order valence-electron chi connectivity index (χ2n) is 3.18. The zero-order valence-electron chi connectivity index (χ0n) is 9.09. The molecule has 1 heteroatoms. The van der Waals surface area contributed by atoms with Gasteiger partial charge in [-0.15, -0.1) is 0 Å². The molecule has 0 fully saturated rings. The second-order valence-corrected chi connectivity index (χ2v) is 3.18. The van der Waals surface area contributed by atoms with E-state index in [2.05, 4.69) is 24.1 Å². The zero-order valence-corrected chi connectivity index (χ0v) is 9.09. The Labute approximate surface area is 81.8 Å². The summed E-state index contributed by atoms with van der Waals surface area (Å²) < 4.78 is 0. The van der Waals surface area contributed by atoms with Crippen LogP contribution in [0.15, 0.2) is 48.2 Å². The van der Waals surface area contributed by atoms with Crippen molar-refractivity contribution in [2.45, 2.75) is 13.8 Å². The second kappa shape index (κ2) is 5.41. The Kier molecular flexibility index (Phi) is 4.90. The van der Waals surface area contributed by atoms with Crippen molar-refractivity contribution in [3.05, 3.63) is 48.2 Å². The van der Waals surface area contributed by atoms with E-state index < -0.39 is 0 Å². The molecule has 13 heavy (non-hydrogen) atoms. The molecule has 0 aromatic rings. The van der Waals surface area contributed by atoms with Gasteiger partial charge in [-0.1, -0.05) is 25.3 Å². The van der Waals surface area contributed by atoms with E-state index in [0.717, 1.165) is 16.8 Å². The lowest BCUT2D eigenvalue weighted by Crippen LogP contribution is -2.11. The number of nitrogens with zero attached hydrogens (tertiary/aromatic N) is 1. The molecule has 0 spiro atoms. The molecular formula is C12H19N. The molecule has 0 heterocycles. The minimum absolute atomic E-state index is 1.04. The van der Waals surface area contributed by atoms with Crippen LogP contribution in [-0.4, -0.2) is 19.0 Å². The summed E-state index contributed by atoms with van der Waals surface area (Å²) in [5, 5.41) is 0. The van der Waals surface area contributed by atoms with Crippen LogP contribution in [0.2, 0.25) is 0 Å². The van der Waals surface area contributed by atoms with Gasteiger partial charge in [-0.3, -0.25) is 0 Å². The van der Waals surface area contributed by atoms with E-state index in [-0.39, 0.29) is 0 Å². The maximum absolute atomic E-state index is 3.92. The van der Waals surface area contributed by atoms with Gasteiger partial charge >= 0.3 is 0 Å². The average Bonchev–Trinajstić information content (AvgIpc) is 2.03. The molecule has 72 valence electrons. The fraction of sp³-hybridized carbons (Fsp3) is 0.333. The monoisotopic (exact) mass is 177 g/mol. The van der Waals surface area contributed by atoms with Crippen LogP contribution in [0.1, 0.15) is 13.8 Å². The molecule has 0 aliphatic rings. The number of hydrogen-bond donors (Lipinski definition) is 0. The highest BCUT2D eigenvalue weighted by molar-refractivity contribution is 5.43. The molecular weight excluding hydrogens is 158 g/mol. The first-order valence-corrected chi connectivity index (χ1v) is 4.37. The summed E-state index contributed by atoms with van der Waals surface area (Å²) in [6, 6.07) is 0. The Bertz CT molecular complexity index is 254. The minimum Gasteiger partial charge on any atom is -0.377 e. The molecule has 0 atom stereocenters. The van der Waals surface area contributed by atoms with Gasteiger partial charge in [0.25, 0.3) is 0 Å². The first-order valence-electron chi connectivity index (χ1n) is 4.37. The van der Waals surface area contributed by atoms with Crippen LogP contribution in [0, 0.1) is 0 Å². The topological polar surface area (TPSA) is 3.24 Å². The molecule has 0 unspecified atom stereocenters.